The minimum absolute atomic E-state index is 0.00304. The fourth-order valence-corrected chi connectivity index (χ4v) is 3.58. The fourth-order valence-electron chi connectivity index (χ4n) is 3.58. The highest BCUT2D eigenvalue weighted by molar-refractivity contribution is 5.91. The summed E-state index contributed by atoms with van der Waals surface area (Å²) in [5.41, 5.74) is 3.26. The topological polar surface area (TPSA) is 71.2 Å². The van der Waals surface area contributed by atoms with Gasteiger partial charge in [0.2, 0.25) is 5.69 Å². The Bertz CT molecular complexity index is 935. The monoisotopic (exact) mass is 362 g/mol. The Morgan fingerprint density at radius 3 is 2.52 bits per heavy atom. The van der Waals surface area contributed by atoms with Crippen LogP contribution in [0.2, 0.25) is 0 Å². The van der Waals surface area contributed by atoms with Crippen LogP contribution < -0.4 is 4.90 Å². The zero-order valence-corrected chi connectivity index (χ0v) is 15.2. The number of carboxylic acid groups (broad SMARTS) is 1. The van der Waals surface area contributed by atoms with Crippen LogP contribution in [-0.4, -0.2) is 39.2 Å². The largest absolute Gasteiger partial charge is 0.476 e. The molecule has 2 heterocycles. The van der Waals surface area contributed by atoms with E-state index in [4.69, 9.17) is 0 Å². The molecule has 3 aromatic rings. The van der Waals surface area contributed by atoms with E-state index in [0.717, 1.165) is 31.6 Å². The molecule has 6 heteroatoms. The van der Waals surface area contributed by atoms with Gasteiger partial charge in [-0.3, -0.25) is 0 Å². The first-order valence-electron chi connectivity index (χ1n) is 9.25. The second-order valence-electron chi connectivity index (χ2n) is 6.83. The molecule has 0 unspecified atom stereocenters. The Morgan fingerprint density at radius 2 is 1.85 bits per heavy atom. The minimum Gasteiger partial charge on any atom is -0.476 e. The third-order valence-corrected chi connectivity index (χ3v) is 5.13. The quantitative estimate of drug-likeness (QED) is 0.752. The highest BCUT2D eigenvalue weighted by Crippen LogP contribution is 2.31. The van der Waals surface area contributed by atoms with Crippen LogP contribution in [0.1, 0.15) is 40.9 Å². The molecule has 4 rings (SSSR count). The molecule has 138 valence electrons. The van der Waals surface area contributed by atoms with Crippen molar-refractivity contribution in [1.29, 1.82) is 0 Å². The summed E-state index contributed by atoms with van der Waals surface area (Å²) < 4.78 is 0. The molecular formula is C21H22N4O2. The predicted molar refractivity (Wildman–Crippen MR) is 104 cm³/mol. The van der Waals surface area contributed by atoms with Crippen molar-refractivity contribution in [1.82, 2.24) is 15.0 Å². The number of aromatic carboxylic acids is 1. The molecule has 0 amide bonds. The third-order valence-electron chi connectivity index (χ3n) is 5.13. The number of aryl methyl sites for hydroxylation is 1. The van der Waals surface area contributed by atoms with Gasteiger partial charge in [0.15, 0.2) is 5.82 Å². The van der Waals surface area contributed by atoms with Crippen LogP contribution in [0.15, 0.2) is 54.6 Å². The molecule has 1 fully saturated rings. The smallest absolute Gasteiger partial charge is 0.360 e. The van der Waals surface area contributed by atoms with Crippen molar-refractivity contribution in [2.45, 2.75) is 25.7 Å². The fraction of sp³-hybridized carbons (Fsp3) is 0.286. The van der Waals surface area contributed by atoms with Gasteiger partial charge in [0.1, 0.15) is 0 Å². The first kappa shape index (κ1) is 17.3. The van der Waals surface area contributed by atoms with Crippen LogP contribution in [0.5, 0.6) is 0 Å². The van der Waals surface area contributed by atoms with Crippen LogP contribution in [-0.2, 0) is 6.42 Å². The van der Waals surface area contributed by atoms with Crippen LogP contribution in [0.25, 0.3) is 5.69 Å². The standard InChI is InChI=1S/C21H22N4O2/c1-2-15-8-10-18(11-9-15)25-22-19(21(26)27)20(23-25)24-13-12-17(14-24)16-6-4-3-5-7-16/h3-11,17H,2,12-14H2,1H3,(H,26,27)/t17-/m0/s1. The van der Waals surface area contributed by atoms with E-state index >= 15 is 0 Å². The first-order chi connectivity index (χ1) is 13.2. The molecule has 6 nitrogen and oxygen atoms in total. The van der Waals surface area contributed by atoms with E-state index in [1.165, 1.54) is 15.9 Å². The lowest BCUT2D eigenvalue weighted by Gasteiger charge is -2.16. The Balaban J connectivity index is 1.62. The summed E-state index contributed by atoms with van der Waals surface area (Å²) in [7, 11) is 0. The third kappa shape index (κ3) is 3.43. The minimum atomic E-state index is -1.05. The molecule has 1 aliphatic heterocycles. The molecule has 1 aliphatic rings. The molecule has 1 saturated heterocycles. The van der Waals surface area contributed by atoms with Gasteiger partial charge in [-0.2, -0.15) is 0 Å². The predicted octanol–water partition coefficient (Wildman–Crippen LogP) is 3.52. The lowest BCUT2D eigenvalue weighted by Crippen LogP contribution is -2.22. The van der Waals surface area contributed by atoms with Gasteiger partial charge in [0.05, 0.1) is 5.69 Å². The van der Waals surface area contributed by atoms with Crippen molar-refractivity contribution in [3.8, 4) is 5.69 Å². The molecular weight excluding hydrogens is 340 g/mol. The Kier molecular flexibility index (Phi) is 4.62. The van der Waals surface area contributed by atoms with Crippen molar-refractivity contribution < 1.29 is 9.90 Å². The van der Waals surface area contributed by atoms with Crippen LogP contribution >= 0.6 is 0 Å². The summed E-state index contributed by atoms with van der Waals surface area (Å²) in [6.07, 6.45) is 1.92. The van der Waals surface area contributed by atoms with Crippen LogP contribution in [0, 0.1) is 0 Å². The maximum absolute atomic E-state index is 11.7. The number of hydrogen-bond acceptors (Lipinski definition) is 4. The number of carbonyl (C=O) groups is 1. The van der Waals surface area contributed by atoms with Gasteiger partial charge >= 0.3 is 5.97 Å². The number of nitrogens with zero attached hydrogens (tertiary/aromatic N) is 4. The van der Waals surface area contributed by atoms with Gasteiger partial charge in [-0.05, 0) is 36.1 Å². The molecule has 1 N–H and O–H groups in total. The summed E-state index contributed by atoms with van der Waals surface area (Å²) in [5.74, 6) is -0.230. The van der Waals surface area contributed by atoms with Crippen molar-refractivity contribution >= 4 is 11.8 Å². The van der Waals surface area contributed by atoms with Gasteiger partial charge in [-0.25, -0.2) is 4.79 Å². The molecule has 0 spiro atoms. The van der Waals surface area contributed by atoms with E-state index in [-0.39, 0.29) is 5.69 Å². The summed E-state index contributed by atoms with van der Waals surface area (Å²) in [5, 5.41) is 18.4. The van der Waals surface area contributed by atoms with E-state index in [1.807, 2.05) is 47.4 Å². The summed E-state index contributed by atoms with van der Waals surface area (Å²) in [6.45, 7) is 3.61. The van der Waals surface area contributed by atoms with Gasteiger partial charge in [0.25, 0.3) is 0 Å². The summed E-state index contributed by atoms with van der Waals surface area (Å²) in [4.78, 5) is 15.2. The average molecular weight is 362 g/mol. The number of rotatable bonds is 5. The molecule has 0 aliphatic carbocycles. The number of carboxylic acids is 1. The maximum Gasteiger partial charge on any atom is 0.360 e. The summed E-state index contributed by atoms with van der Waals surface area (Å²) >= 11 is 0. The van der Waals surface area contributed by atoms with E-state index < -0.39 is 5.97 Å². The molecule has 2 aromatic carbocycles. The molecule has 27 heavy (non-hydrogen) atoms. The SMILES string of the molecule is CCc1ccc(-n2nc(C(=O)O)c(N3CC[C@H](c4ccccc4)C3)n2)cc1. The van der Waals surface area contributed by atoms with Gasteiger partial charge in [0, 0.05) is 19.0 Å². The van der Waals surface area contributed by atoms with Crippen molar-refractivity contribution in [2.75, 3.05) is 18.0 Å². The van der Waals surface area contributed by atoms with Gasteiger partial charge < -0.3 is 10.0 Å². The van der Waals surface area contributed by atoms with Crippen molar-refractivity contribution in [2.24, 2.45) is 0 Å². The lowest BCUT2D eigenvalue weighted by molar-refractivity contribution is 0.0690. The van der Waals surface area contributed by atoms with Crippen LogP contribution in [0.4, 0.5) is 5.82 Å². The average Bonchev–Trinajstić information content (AvgIpc) is 3.36. The zero-order valence-electron chi connectivity index (χ0n) is 15.2. The van der Waals surface area contributed by atoms with E-state index in [1.54, 1.807) is 0 Å². The number of benzene rings is 2. The zero-order chi connectivity index (χ0) is 18.8. The molecule has 0 radical (unpaired) electrons. The number of anilines is 1. The maximum atomic E-state index is 11.7. The lowest BCUT2D eigenvalue weighted by atomic mass is 9.99. The molecule has 0 saturated carbocycles. The Labute approximate surface area is 158 Å². The van der Waals surface area contributed by atoms with E-state index in [0.29, 0.717) is 11.7 Å². The van der Waals surface area contributed by atoms with Gasteiger partial charge in [-0.15, -0.1) is 15.0 Å². The summed E-state index contributed by atoms with van der Waals surface area (Å²) in [6, 6.07) is 18.2. The highest BCUT2D eigenvalue weighted by Gasteiger charge is 2.30. The van der Waals surface area contributed by atoms with Crippen molar-refractivity contribution in [3.05, 3.63) is 71.4 Å². The van der Waals surface area contributed by atoms with Gasteiger partial charge in [-0.1, -0.05) is 49.4 Å². The highest BCUT2D eigenvalue weighted by atomic mass is 16.4. The first-order valence-corrected chi connectivity index (χ1v) is 9.25. The Morgan fingerprint density at radius 1 is 1.11 bits per heavy atom. The van der Waals surface area contributed by atoms with Crippen LogP contribution in [0.3, 0.4) is 0 Å². The van der Waals surface area contributed by atoms with E-state index in [2.05, 4.69) is 29.3 Å². The number of hydrogen-bond donors (Lipinski definition) is 1. The van der Waals surface area contributed by atoms with Crippen molar-refractivity contribution in [3.63, 3.8) is 0 Å². The molecule has 1 aromatic heterocycles. The number of aromatic nitrogens is 3. The second kappa shape index (κ2) is 7.23. The molecule has 0 bridgehead atoms. The molecule has 1 atom stereocenters. The second-order valence-corrected chi connectivity index (χ2v) is 6.83. The Hall–Kier alpha value is -3.15. The normalized spacial score (nSPS) is 16.6. The van der Waals surface area contributed by atoms with E-state index in [9.17, 15) is 9.90 Å².